The molecule has 7 heteroatoms. The van der Waals surface area contributed by atoms with Crippen molar-refractivity contribution >= 4 is 11.2 Å². The molecule has 2 aromatic heterocycles. The van der Waals surface area contributed by atoms with Gasteiger partial charge < -0.3 is 9.30 Å². The van der Waals surface area contributed by atoms with Gasteiger partial charge >= 0.3 is 5.69 Å². The Balaban J connectivity index is 0.000000791. The molecular weight excluding hydrogens is 332 g/mol. The lowest BCUT2D eigenvalue weighted by atomic mass is 9.88. The van der Waals surface area contributed by atoms with Gasteiger partial charge in [-0.25, -0.2) is 9.78 Å². The predicted octanol–water partition coefficient (Wildman–Crippen LogP) is 2.64. The zero-order valence-corrected chi connectivity index (χ0v) is 17.5. The van der Waals surface area contributed by atoms with E-state index in [4.69, 9.17) is 4.74 Å². The quantitative estimate of drug-likeness (QED) is 0.834. The lowest BCUT2D eigenvalue weighted by Crippen LogP contribution is -2.50. The van der Waals surface area contributed by atoms with Gasteiger partial charge in [0.2, 0.25) is 0 Å². The molecule has 0 saturated carbocycles. The second kappa shape index (κ2) is 9.16. The third kappa shape index (κ3) is 4.26. The van der Waals surface area contributed by atoms with Gasteiger partial charge in [-0.05, 0) is 5.92 Å². The molecule has 0 spiro atoms. The van der Waals surface area contributed by atoms with Crippen LogP contribution in [0.1, 0.15) is 48.5 Å². The van der Waals surface area contributed by atoms with E-state index in [1.54, 1.807) is 13.4 Å². The standard InChI is InChI=1S/C15H22N4O3.2C2H6/c1-10(2)5-18-9-16-12-11(18)13(20)19(14(21)17(12)4)6-15(3)7-22-8-15;2*1-2/h9-10H,5-8H2,1-4H3;2*1-2H3. The van der Waals surface area contributed by atoms with Crippen molar-refractivity contribution in [1.29, 1.82) is 0 Å². The molecule has 1 aliphatic heterocycles. The van der Waals surface area contributed by atoms with Gasteiger partial charge in [0.25, 0.3) is 5.56 Å². The minimum absolute atomic E-state index is 0.146. The van der Waals surface area contributed by atoms with Crippen LogP contribution in [0.25, 0.3) is 11.2 Å². The van der Waals surface area contributed by atoms with Crippen molar-refractivity contribution in [2.75, 3.05) is 13.2 Å². The van der Waals surface area contributed by atoms with E-state index in [0.717, 1.165) is 0 Å². The molecule has 7 nitrogen and oxygen atoms in total. The molecule has 26 heavy (non-hydrogen) atoms. The molecule has 2 aromatic rings. The third-order valence-electron chi connectivity index (χ3n) is 4.10. The van der Waals surface area contributed by atoms with Crippen LogP contribution >= 0.6 is 0 Å². The van der Waals surface area contributed by atoms with Crippen LogP contribution in [-0.4, -0.2) is 31.9 Å². The zero-order valence-electron chi connectivity index (χ0n) is 17.5. The molecule has 1 saturated heterocycles. The Kier molecular flexibility index (Phi) is 7.81. The maximum absolute atomic E-state index is 12.8. The molecule has 1 fully saturated rings. The largest absolute Gasteiger partial charge is 0.380 e. The van der Waals surface area contributed by atoms with Crippen molar-refractivity contribution in [3.8, 4) is 0 Å². The average molecular weight is 367 g/mol. The van der Waals surface area contributed by atoms with Crippen LogP contribution in [0, 0.1) is 11.3 Å². The van der Waals surface area contributed by atoms with Gasteiger partial charge in [0, 0.05) is 25.6 Å². The molecule has 3 rings (SSSR count). The third-order valence-corrected chi connectivity index (χ3v) is 4.10. The highest BCUT2D eigenvalue weighted by Crippen LogP contribution is 2.27. The first-order valence-electron chi connectivity index (χ1n) is 9.55. The van der Waals surface area contributed by atoms with Crippen molar-refractivity contribution in [3.05, 3.63) is 27.2 Å². The Morgan fingerprint density at radius 1 is 1.19 bits per heavy atom. The van der Waals surface area contributed by atoms with Crippen LogP contribution in [0.4, 0.5) is 0 Å². The van der Waals surface area contributed by atoms with E-state index in [0.29, 0.717) is 43.4 Å². The smallest absolute Gasteiger partial charge is 0.332 e. The molecule has 0 unspecified atom stereocenters. The molecule has 148 valence electrons. The molecule has 0 atom stereocenters. The molecule has 1 aliphatic rings. The Morgan fingerprint density at radius 3 is 2.23 bits per heavy atom. The Hall–Kier alpha value is -1.89. The van der Waals surface area contributed by atoms with E-state index in [1.165, 1.54) is 9.13 Å². The van der Waals surface area contributed by atoms with E-state index in [1.807, 2.05) is 39.2 Å². The fourth-order valence-corrected chi connectivity index (χ4v) is 2.92. The molecule has 0 aliphatic carbocycles. The first-order valence-corrected chi connectivity index (χ1v) is 9.55. The fourth-order valence-electron chi connectivity index (χ4n) is 2.92. The van der Waals surface area contributed by atoms with E-state index in [9.17, 15) is 9.59 Å². The van der Waals surface area contributed by atoms with E-state index in [2.05, 4.69) is 18.8 Å². The number of hydrogen-bond donors (Lipinski definition) is 0. The molecule has 0 aromatic carbocycles. The fraction of sp³-hybridized carbons (Fsp3) is 0.737. The van der Waals surface area contributed by atoms with Crippen molar-refractivity contribution in [2.45, 2.75) is 61.6 Å². The van der Waals surface area contributed by atoms with Gasteiger partial charge in [-0.1, -0.05) is 48.5 Å². The van der Waals surface area contributed by atoms with Gasteiger partial charge in [-0.15, -0.1) is 0 Å². The first-order chi connectivity index (χ1) is 12.3. The molecule has 0 radical (unpaired) electrons. The maximum atomic E-state index is 12.8. The number of imidazole rings is 1. The summed E-state index contributed by atoms with van der Waals surface area (Å²) in [5.41, 5.74) is 0.221. The van der Waals surface area contributed by atoms with Crippen molar-refractivity contribution < 1.29 is 4.74 Å². The van der Waals surface area contributed by atoms with Crippen LogP contribution < -0.4 is 11.2 Å². The topological polar surface area (TPSA) is 71.1 Å². The number of rotatable bonds is 4. The second-order valence-electron chi connectivity index (χ2n) is 7.00. The van der Waals surface area contributed by atoms with Gasteiger partial charge in [-0.3, -0.25) is 13.9 Å². The van der Waals surface area contributed by atoms with Crippen LogP contribution in [0.5, 0.6) is 0 Å². The Labute approximate surface area is 155 Å². The lowest BCUT2D eigenvalue weighted by Gasteiger charge is -2.38. The van der Waals surface area contributed by atoms with Gasteiger partial charge in [0.1, 0.15) is 0 Å². The summed E-state index contributed by atoms with van der Waals surface area (Å²) in [5, 5.41) is 0. The minimum atomic E-state index is -0.319. The Morgan fingerprint density at radius 2 is 1.77 bits per heavy atom. The van der Waals surface area contributed by atoms with Crippen molar-refractivity contribution in [3.63, 3.8) is 0 Å². The van der Waals surface area contributed by atoms with E-state index in [-0.39, 0.29) is 16.7 Å². The maximum Gasteiger partial charge on any atom is 0.332 e. The Bertz CT molecular complexity index is 826. The SMILES string of the molecule is CC.CC.CC(C)Cn1cnc2c1c(=O)n(CC1(C)COC1)c(=O)n2C. The highest BCUT2D eigenvalue weighted by Gasteiger charge is 2.35. The van der Waals surface area contributed by atoms with Crippen LogP contribution in [0.15, 0.2) is 15.9 Å². The number of nitrogens with zero attached hydrogens (tertiary/aromatic N) is 4. The van der Waals surface area contributed by atoms with Gasteiger partial charge in [0.05, 0.1) is 19.5 Å². The number of hydrogen-bond acceptors (Lipinski definition) is 4. The zero-order chi connectivity index (χ0) is 20.1. The average Bonchev–Trinajstić information content (AvgIpc) is 3.02. The molecule has 0 amide bonds. The minimum Gasteiger partial charge on any atom is -0.380 e. The van der Waals surface area contributed by atoms with Crippen molar-refractivity contribution in [2.24, 2.45) is 18.4 Å². The number of ether oxygens (including phenoxy) is 1. The summed E-state index contributed by atoms with van der Waals surface area (Å²) in [6.45, 7) is 16.4. The second-order valence-corrected chi connectivity index (χ2v) is 7.00. The molecule has 3 heterocycles. The summed E-state index contributed by atoms with van der Waals surface area (Å²) in [4.78, 5) is 29.6. The predicted molar refractivity (Wildman–Crippen MR) is 106 cm³/mol. The van der Waals surface area contributed by atoms with Crippen LogP contribution in [0.2, 0.25) is 0 Å². The molecule has 0 N–H and O–H groups in total. The number of aromatic nitrogens is 4. The van der Waals surface area contributed by atoms with E-state index < -0.39 is 0 Å². The summed E-state index contributed by atoms with van der Waals surface area (Å²) in [6, 6.07) is 0. The van der Waals surface area contributed by atoms with Crippen molar-refractivity contribution in [1.82, 2.24) is 18.7 Å². The number of aryl methyl sites for hydroxylation is 1. The lowest BCUT2D eigenvalue weighted by molar-refractivity contribution is -0.111. The summed E-state index contributed by atoms with van der Waals surface area (Å²) in [5.74, 6) is 0.389. The summed E-state index contributed by atoms with van der Waals surface area (Å²) in [7, 11) is 1.66. The molecule has 0 bridgehead atoms. The van der Waals surface area contributed by atoms with Crippen LogP contribution in [0.3, 0.4) is 0 Å². The normalized spacial score (nSPS) is 15.0. The highest BCUT2D eigenvalue weighted by molar-refractivity contribution is 5.69. The summed E-state index contributed by atoms with van der Waals surface area (Å²) in [6.07, 6.45) is 1.64. The van der Waals surface area contributed by atoms with Gasteiger partial charge in [-0.2, -0.15) is 0 Å². The summed E-state index contributed by atoms with van der Waals surface area (Å²) < 4.78 is 9.85. The van der Waals surface area contributed by atoms with E-state index >= 15 is 0 Å². The number of fused-ring (bicyclic) bond motifs is 1. The van der Waals surface area contributed by atoms with Gasteiger partial charge in [0.15, 0.2) is 11.2 Å². The monoisotopic (exact) mass is 366 g/mol. The highest BCUT2D eigenvalue weighted by atomic mass is 16.5. The molecular formula is C19H34N4O3. The summed E-state index contributed by atoms with van der Waals surface area (Å²) >= 11 is 0. The first kappa shape index (κ1) is 22.2. The van der Waals surface area contributed by atoms with Crippen LogP contribution in [-0.2, 0) is 24.9 Å².